The van der Waals surface area contributed by atoms with Crippen molar-refractivity contribution in [3.8, 4) is 0 Å². The van der Waals surface area contributed by atoms with Gasteiger partial charge in [-0.25, -0.2) is 4.79 Å². The number of hydrogen-bond acceptors (Lipinski definition) is 3. The van der Waals surface area contributed by atoms with Crippen molar-refractivity contribution < 1.29 is 9.53 Å². The molecule has 1 rings (SSSR count). The highest BCUT2D eigenvalue weighted by Crippen LogP contribution is 2.18. The lowest BCUT2D eigenvalue weighted by Crippen LogP contribution is -2.38. The molecule has 0 spiro atoms. The number of nitrogens with one attached hydrogen (secondary N) is 1. The molecule has 0 aliphatic carbocycles. The van der Waals surface area contributed by atoms with E-state index in [1.807, 2.05) is 38.6 Å². The number of unbranched alkanes of at least 4 members (excludes halogenated alkanes) is 1. The standard InChI is InChI=1S/C18H29NO2S/c1-5-6-14-22-16(19-17(20)21-18(2,3)4)13-12-15-10-8-7-9-11-15/h7-11,16H,5-6,12-14H2,1-4H3,(H,19,20). The van der Waals surface area contributed by atoms with Crippen LogP contribution in [0.5, 0.6) is 0 Å². The van der Waals surface area contributed by atoms with E-state index < -0.39 is 5.60 Å². The molecule has 1 amide bonds. The van der Waals surface area contributed by atoms with Crippen molar-refractivity contribution in [3.05, 3.63) is 35.9 Å². The van der Waals surface area contributed by atoms with E-state index in [1.165, 1.54) is 18.4 Å². The molecular formula is C18H29NO2S. The minimum Gasteiger partial charge on any atom is -0.444 e. The first-order valence-electron chi connectivity index (χ1n) is 8.06. The number of alkyl carbamates (subject to hydrolysis) is 1. The molecule has 0 heterocycles. The van der Waals surface area contributed by atoms with Crippen LogP contribution < -0.4 is 5.32 Å². The monoisotopic (exact) mass is 323 g/mol. The lowest BCUT2D eigenvalue weighted by Gasteiger charge is -2.23. The Morgan fingerprint density at radius 3 is 2.55 bits per heavy atom. The molecule has 0 bridgehead atoms. The molecule has 1 aromatic carbocycles. The van der Waals surface area contributed by atoms with Gasteiger partial charge in [0.15, 0.2) is 0 Å². The van der Waals surface area contributed by atoms with Gasteiger partial charge in [-0.05, 0) is 51.3 Å². The Morgan fingerprint density at radius 1 is 1.27 bits per heavy atom. The van der Waals surface area contributed by atoms with Gasteiger partial charge in [-0.3, -0.25) is 0 Å². The highest BCUT2D eigenvalue weighted by Gasteiger charge is 2.19. The number of carbonyl (C=O) groups excluding carboxylic acids is 1. The SMILES string of the molecule is CCCCSC(CCc1ccccc1)NC(=O)OC(C)(C)C. The van der Waals surface area contributed by atoms with Crippen molar-refractivity contribution in [1.82, 2.24) is 5.32 Å². The van der Waals surface area contributed by atoms with Crippen molar-refractivity contribution in [2.45, 2.75) is 64.4 Å². The first kappa shape index (κ1) is 18.9. The molecule has 0 saturated carbocycles. The van der Waals surface area contributed by atoms with Crippen LogP contribution in [-0.4, -0.2) is 22.8 Å². The summed E-state index contributed by atoms with van der Waals surface area (Å²) in [6.45, 7) is 7.84. The zero-order valence-electron chi connectivity index (χ0n) is 14.2. The summed E-state index contributed by atoms with van der Waals surface area (Å²) in [7, 11) is 0. The predicted octanol–water partition coefficient (Wildman–Crippen LogP) is 5.00. The summed E-state index contributed by atoms with van der Waals surface area (Å²) in [6, 6.07) is 10.4. The van der Waals surface area contributed by atoms with E-state index in [9.17, 15) is 4.79 Å². The maximum absolute atomic E-state index is 12.0. The molecule has 1 aromatic rings. The molecule has 1 unspecified atom stereocenters. The fourth-order valence-electron chi connectivity index (χ4n) is 1.95. The van der Waals surface area contributed by atoms with Gasteiger partial charge in [0.2, 0.25) is 0 Å². The number of rotatable bonds is 8. The summed E-state index contributed by atoms with van der Waals surface area (Å²) in [5, 5.41) is 3.10. The van der Waals surface area contributed by atoms with E-state index in [0.29, 0.717) is 0 Å². The quantitative estimate of drug-likeness (QED) is 0.540. The van der Waals surface area contributed by atoms with Gasteiger partial charge in [0.25, 0.3) is 0 Å². The van der Waals surface area contributed by atoms with Crippen LogP contribution in [0.15, 0.2) is 30.3 Å². The van der Waals surface area contributed by atoms with Gasteiger partial charge in [-0.15, -0.1) is 11.8 Å². The predicted molar refractivity (Wildman–Crippen MR) is 95.3 cm³/mol. The number of carbonyl (C=O) groups is 1. The van der Waals surface area contributed by atoms with Crippen LogP contribution in [0.3, 0.4) is 0 Å². The molecule has 3 nitrogen and oxygen atoms in total. The highest BCUT2D eigenvalue weighted by molar-refractivity contribution is 7.99. The molecule has 0 saturated heterocycles. The molecule has 1 N–H and O–H groups in total. The van der Waals surface area contributed by atoms with Crippen LogP contribution in [0.4, 0.5) is 4.79 Å². The summed E-state index contributed by atoms with van der Waals surface area (Å²) < 4.78 is 5.36. The van der Waals surface area contributed by atoms with Crippen LogP contribution in [0.2, 0.25) is 0 Å². The van der Waals surface area contributed by atoms with Gasteiger partial charge in [-0.1, -0.05) is 43.7 Å². The van der Waals surface area contributed by atoms with Gasteiger partial charge < -0.3 is 10.1 Å². The summed E-state index contributed by atoms with van der Waals surface area (Å²) >= 11 is 1.81. The van der Waals surface area contributed by atoms with Crippen LogP contribution >= 0.6 is 11.8 Å². The minimum atomic E-state index is -0.456. The number of aryl methyl sites for hydroxylation is 1. The average Bonchev–Trinajstić information content (AvgIpc) is 2.44. The van der Waals surface area contributed by atoms with E-state index in [2.05, 4.69) is 36.5 Å². The topological polar surface area (TPSA) is 38.3 Å². The Hall–Kier alpha value is -1.16. The van der Waals surface area contributed by atoms with Gasteiger partial charge in [0, 0.05) is 0 Å². The van der Waals surface area contributed by atoms with E-state index >= 15 is 0 Å². The zero-order valence-corrected chi connectivity index (χ0v) is 15.0. The third-order valence-corrected chi connectivity index (χ3v) is 4.31. The van der Waals surface area contributed by atoms with E-state index in [4.69, 9.17) is 4.74 Å². The second-order valence-corrected chi connectivity index (χ2v) is 7.69. The Labute approximate surface area is 139 Å². The van der Waals surface area contributed by atoms with Gasteiger partial charge in [0.1, 0.15) is 5.60 Å². The van der Waals surface area contributed by atoms with Crippen molar-refractivity contribution in [3.63, 3.8) is 0 Å². The normalized spacial score (nSPS) is 12.7. The van der Waals surface area contributed by atoms with Gasteiger partial charge >= 0.3 is 6.09 Å². The first-order valence-corrected chi connectivity index (χ1v) is 9.10. The molecule has 124 valence electrons. The highest BCUT2D eigenvalue weighted by atomic mass is 32.2. The smallest absolute Gasteiger partial charge is 0.408 e. The molecule has 0 aromatic heterocycles. The van der Waals surface area contributed by atoms with Crippen LogP contribution in [0.25, 0.3) is 0 Å². The molecule has 0 aliphatic rings. The Bertz CT molecular complexity index is 428. The van der Waals surface area contributed by atoms with Gasteiger partial charge in [-0.2, -0.15) is 0 Å². The fraction of sp³-hybridized carbons (Fsp3) is 0.611. The molecule has 0 fully saturated rings. The Morgan fingerprint density at radius 2 is 1.95 bits per heavy atom. The maximum atomic E-state index is 12.0. The molecule has 0 aliphatic heterocycles. The summed E-state index contributed by atoms with van der Waals surface area (Å²) in [5.74, 6) is 1.06. The second kappa shape index (κ2) is 9.78. The summed E-state index contributed by atoms with van der Waals surface area (Å²) in [6.07, 6.45) is 3.89. The lowest BCUT2D eigenvalue weighted by molar-refractivity contribution is 0.0520. The largest absolute Gasteiger partial charge is 0.444 e. The third kappa shape index (κ3) is 8.98. The Balaban J connectivity index is 2.49. The van der Waals surface area contributed by atoms with Crippen molar-refractivity contribution in [1.29, 1.82) is 0 Å². The number of benzene rings is 1. The van der Waals surface area contributed by atoms with Crippen molar-refractivity contribution in [2.75, 3.05) is 5.75 Å². The molecule has 22 heavy (non-hydrogen) atoms. The van der Waals surface area contributed by atoms with Crippen molar-refractivity contribution >= 4 is 17.9 Å². The van der Waals surface area contributed by atoms with E-state index in [0.717, 1.165) is 18.6 Å². The van der Waals surface area contributed by atoms with E-state index in [1.54, 1.807) is 0 Å². The van der Waals surface area contributed by atoms with Crippen molar-refractivity contribution in [2.24, 2.45) is 0 Å². The average molecular weight is 324 g/mol. The summed E-state index contributed by atoms with van der Waals surface area (Å²) in [4.78, 5) is 12.0. The molecule has 0 radical (unpaired) electrons. The maximum Gasteiger partial charge on any atom is 0.408 e. The molecular weight excluding hydrogens is 294 g/mol. The second-order valence-electron chi connectivity index (χ2n) is 6.38. The lowest BCUT2D eigenvalue weighted by atomic mass is 10.1. The van der Waals surface area contributed by atoms with Crippen LogP contribution in [0.1, 0.15) is 52.5 Å². The number of ether oxygens (including phenoxy) is 1. The summed E-state index contributed by atoms with van der Waals surface area (Å²) in [5.41, 5.74) is 0.844. The molecule has 4 heteroatoms. The Kier molecular flexibility index (Phi) is 8.39. The van der Waals surface area contributed by atoms with Crippen LogP contribution in [-0.2, 0) is 11.2 Å². The zero-order chi connectivity index (χ0) is 16.4. The van der Waals surface area contributed by atoms with Gasteiger partial charge in [0.05, 0.1) is 5.37 Å². The first-order chi connectivity index (χ1) is 10.4. The fourth-order valence-corrected chi connectivity index (χ4v) is 3.15. The molecule has 1 atom stereocenters. The number of thioether (sulfide) groups is 1. The number of amides is 1. The van der Waals surface area contributed by atoms with E-state index in [-0.39, 0.29) is 11.5 Å². The third-order valence-electron chi connectivity index (χ3n) is 3.03. The minimum absolute atomic E-state index is 0.0987. The number of hydrogen-bond donors (Lipinski definition) is 1. The van der Waals surface area contributed by atoms with Crippen LogP contribution in [0, 0.1) is 0 Å².